The minimum atomic E-state index is -3.81. The minimum Gasteiger partial charge on any atom is -0.480 e. The lowest BCUT2D eigenvalue weighted by Crippen LogP contribution is -2.40. The van der Waals surface area contributed by atoms with Gasteiger partial charge in [0.1, 0.15) is 10.3 Å². The number of sulfonamides is 1. The van der Waals surface area contributed by atoms with Crippen LogP contribution in [0.15, 0.2) is 16.3 Å². The van der Waals surface area contributed by atoms with Crippen molar-refractivity contribution in [2.24, 2.45) is 0 Å². The maximum absolute atomic E-state index is 11.9. The lowest BCUT2D eigenvalue weighted by atomic mass is 10.1. The van der Waals surface area contributed by atoms with Crippen LogP contribution in [0.1, 0.15) is 26.2 Å². The largest absolute Gasteiger partial charge is 0.480 e. The lowest BCUT2D eigenvalue weighted by molar-refractivity contribution is -0.139. The maximum atomic E-state index is 11.9. The Balaban J connectivity index is 2.82. The summed E-state index contributed by atoms with van der Waals surface area (Å²) in [7, 11) is -3.81. The van der Waals surface area contributed by atoms with Crippen LogP contribution in [-0.2, 0) is 14.8 Å². The van der Waals surface area contributed by atoms with E-state index in [9.17, 15) is 13.2 Å². The third kappa shape index (κ3) is 4.24. The molecule has 0 bridgehead atoms. The normalized spacial score (nSPS) is 13.4. The summed E-state index contributed by atoms with van der Waals surface area (Å²) in [6, 6.07) is 1.72. The molecule has 0 unspecified atom stereocenters. The zero-order chi connectivity index (χ0) is 13.8. The minimum absolute atomic E-state index is 0.0234. The van der Waals surface area contributed by atoms with Gasteiger partial charge >= 0.3 is 5.97 Å². The fourth-order valence-corrected chi connectivity index (χ4v) is 4.05. The van der Waals surface area contributed by atoms with E-state index in [0.717, 1.165) is 17.8 Å². The van der Waals surface area contributed by atoms with Crippen molar-refractivity contribution in [3.05, 3.63) is 16.5 Å². The first-order valence-corrected chi connectivity index (χ1v) is 8.05. The summed E-state index contributed by atoms with van der Waals surface area (Å²) in [5, 5.41) is 8.97. The number of unbranched alkanes of at least 4 members (excludes halogenated alkanes) is 1. The van der Waals surface area contributed by atoms with Crippen molar-refractivity contribution in [1.82, 2.24) is 4.72 Å². The number of rotatable bonds is 7. The number of hydrogen-bond acceptors (Lipinski definition) is 4. The van der Waals surface area contributed by atoms with Crippen molar-refractivity contribution >= 4 is 38.9 Å². The highest BCUT2D eigenvalue weighted by Gasteiger charge is 2.25. The van der Waals surface area contributed by atoms with Gasteiger partial charge in [0.25, 0.3) is 10.0 Å². The Kier molecular flexibility index (Phi) is 5.58. The van der Waals surface area contributed by atoms with E-state index >= 15 is 0 Å². The van der Waals surface area contributed by atoms with Crippen LogP contribution < -0.4 is 4.72 Å². The average Bonchev–Trinajstić information content (AvgIpc) is 2.71. The van der Waals surface area contributed by atoms with Gasteiger partial charge in [-0.25, -0.2) is 8.42 Å². The highest BCUT2D eigenvalue weighted by molar-refractivity contribution is 7.91. The van der Waals surface area contributed by atoms with E-state index in [0.29, 0.717) is 10.8 Å². The summed E-state index contributed by atoms with van der Waals surface area (Å²) in [5.41, 5.74) is 0. The van der Waals surface area contributed by atoms with Crippen LogP contribution in [-0.4, -0.2) is 25.5 Å². The fraction of sp³-hybridized carbons (Fsp3) is 0.500. The van der Waals surface area contributed by atoms with Crippen molar-refractivity contribution < 1.29 is 18.3 Å². The fourth-order valence-electron chi connectivity index (χ4n) is 1.33. The van der Waals surface area contributed by atoms with Gasteiger partial charge in [-0.15, -0.1) is 11.3 Å². The van der Waals surface area contributed by atoms with Crippen LogP contribution in [0.25, 0.3) is 0 Å². The molecule has 1 rings (SSSR count). The molecule has 0 aliphatic heterocycles. The molecule has 1 aromatic rings. The van der Waals surface area contributed by atoms with Crippen LogP contribution >= 0.6 is 22.9 Å². The highest BCUT2D eigenvalue weighted by atomic mass is 35.5. The molecule has 0 radical (unpaired) electrons. The SMILES string of the molecule is CCCC[C@H](NS(=O)(=O)c1ccc(Cl)s1)C(=O)O. The maximum Gasteiger partial charge on any atom is 0.321 e. The molecule has 2 N–H and O–H groups in total. The van der Waals surface area contributed by atoms with Gasteiger partial charge in [0.05, 0.1) is 4.34 Å². The molecule has 0 spiro atoms. The predicted molar refractivity (Wildman–Crippen MR) is 70.6 cm³/mol. The topological polar surface area (TPSA) is 83.5 Å². The van der Waals surface area contributed by atoms with Crippen molar-refractivity contribution in [1.29, 1.82) is 0 Å². The first-order valence-electron chi connectivity index (χ1n) is 5.37. The van der Waals surface area contributed by atoms with E-state index in [1.165, 1.54) is 12.1 Å². The summed E-state index contributed by atoms with van der Waals surface area (Å²) in [5.74, 6) is -1.17. The summed E-state index contributed by atoms with van der Waals surface area (Å²) >= 11 is 6.55. The quantitative estimate of drug-likeness (QED) is 0.809. The van der Waals surface area contributed by atoms with E-state index in [4.69, 9.17) is 16.7 Å². The van der Waals surface area contributed by atoms with E-state index in [1.54, 1.807) is 0 Å². The van der Waals surface area contributed by atoms with E-state index in [2.05, 4.69) is 4.72 Å². The average molecular weight is 312 g/mol. The molecule has 0 aromatic carbocycles. The monoisotopic (exact) mass is 311 g/mol. The molecule has 1 aromatic heterocycles. The molecular weight excluding hydrogens is 298 g/mol. The van der Waals surface area contributed by atoms with Crippen LogP contribution in [0.5, 0.6) is 0 Å². The molecule has 1 heterocycles. The lowest BCUT2D eigenvalue weighted by Gasteiger charge is -2.13. The van der Waals surface area contributed by atoms with Gasteiger partial charge in [0.2, 0.25) is 0 Å². The van der Waals surface area contributed by atoms with Crippen molar-refractivity contribution in [3.8, 4) is 0 Å². The molecule has 0 saturated heterocycles. The van der Waals surface area contributed by atoms with Crippen molar-refractivity contribution in [2.45, 2.75) is 36.4 Å². The Morgan fingerprint density at radius 1 is 1.56 bits per heavy atom. The number of hydrogen-bond donors (Lipinski definition) is 2. The summed E-state index contributed by atoms with van der Waals surface area (Å²) in [4.78, 5) is 11.0. The second-order valence-electron chi connectivity index (χ2n) is 3.71. The van der Waals surface area contributed by atoms with Crippen LogP contribution in [0.4, 0.5) is 0 Å². The third-order valence-corrected chi connectivity index (χ3v) is 5.45. The Morgan fingerprint density at radius 2 is 2.22 bits per heavy atom. The van der Waals surface area contributed by atoms with Gasteiger partial charge in [-0.05, 0) is 18.6 Å². The number of carboxylic acids is 1. The molecule has 0 saturated carbocycles. The number of thiophene rings is 1. The van der Waals surface area contributed by atoms with E-state index in [-0.39, 0.29) is 10.6 Å². The van der Waals surface area contributed by atoms with Gasteiger partial charge in [-0.2, -0.15) is 4.72 Å². The zero-order valence-electron chi connectivity index (χ0n) is 9.72. The molecule has 102 valence electrons. The first-order chi connectivity index (χ1) is 8.36. The van der Waals surface area contributed by atoms with Gasteiger partial charge < -0.3 is 5.11 Å². The summed E-state index contributed by atoms with van der Waals surface area (Å²) in [6.45, 7) is 1.91. The van der Waals surface area contributed by atoms with Crippen molar-refractivity contribution in [3.63, 3.8) is 0 Å². The molecular formula is C10H14ClNO4S2. The number of carboxylic acid groups (broad SMARTS) is 1. The van der Waals surface area contributed by atoms with Gasteiger partial charge in [0.15, 0.2) is 0 Å². The second kappa shape index (κ2) is 6.51. The smallest absolute Gasteiger partial charge is 0.321 e. The number of nitrogens with one attached hydrogen (secondary N) is 1. The Bertz CT molecular complexity index is 512. The first kappa shape index (κ1) is 15.4. The highest BCUT2D eigenvalue weighted by Crippen LogP contribution is 2.25. The predicted octanol–water partition coefficient (Wildman–Crippen LogP) is 2.32. The number of carbonyl (C=O) groups is 1. The standard InChI is InChI=1S/C10H14ClNO4S2/c1-2-3-4-7(10(13)14)12-18(15,16)9-6-5-8(11)17-9/h5-7,12H,2-4H2,1H3,(H,13,14)/t7-/m0/s1. The zero-order valence-corrected chi connectivity index (χ0v) is 12.1. The van der Waals surface area contributed by atoms with Gasteiger partial charge in [-0.3, -0.25) is 4.79 Å². The summed E-state index contributed by atoms with van der Waals surface area (Å²) < 4.78 is 26.4. The molecule has 0 aliphatic rings. The molecule has 0 aliphatic carbocycles. The van der Waals surface area contributed by atoms with Crippen LogP contribution in [0, 0.1) is 0 Å². The Morgan fingerprint density at radius 3 is 2.67 bits per heavy atom. The third-order valence-electron chi connectivity index (χ3n) is 2.26. The molecule has 0 amide bonds. The number of aliphatic carboxylic acids is 1. The molecule has 5 nitrogen and oxygen atoms in total. The van der Waals surface area contributed by atoms with E-state index in [1.807, 2.05) is 6.92 Å². The summed E-state index contributed by atoms with van der Waals surface area (Å²) in [6.07, 6.45) is 1.71. The molecule has 8 heteroatoms. The van der Waals surface area contributed by atoms with Crippen molar-refractivity contribution in [2.75, 3.05) is 0 Å². The second-order valence-corrected chi connectivity index (χ2v) is 7.37. The Hall–Kier alpha value is -0.630. The molecule has 1 atom stereocenters. The Labute approximate surface area is 115 Å². The molecule has 18 heavy (non-hydrogen) atoms. The van der Waals surface area contributed by atoms with Gasteiger partial charge in [0, 0.05) is 0 Å². The molecule has 0 fully saturated rings. The number of halogens is 1. The van der Waals surface area contributed by atoms with Crippen LogP contribution in [0.2, 0.25) is 4.34 Å². The van der Waals surface area contributed by atoms with Gasteiger partial charge in [-0.1, -0.05) is 31.4 Å². The van der Waals surface area contributed by atoms with Crippen LogP contribution in [0.3, 0.4) is 0 Å². The van der Waals surface area contributed by atoms with E-state index < -0.39 is 22.0 Å².